The van der Waals surface area contributed by atoms with Crippen molar-refractivity contribution in [2.24, 2.45) is 5.92 Å². The molecule has 0 spiro atoms. The Bertz CT molecular complexity index is 200. The number of hydrogen-bond donors (Lipinski definition) is 1. The minimum atomic E-state index is -2.85. The normalized spacial score (nSPS) is 27.6. The topological polar surface area (TPSA) is 40.5 Å². The van der Waals surface area contributed by atoms with Crippen molar-refractivity contribution in [1.82, 2.24) is 4.90 Å². The number of carboxylic acid groups (broad SMARTS) is 1. The molecule has 1 heterocycles. The molecular weight excluding hydrogens is 283 g/mol. The Labute approximate surface area is 81.9 Å². The van der Waals surface area contributed by atoms with Crippen LogP contribution in [-0.2, 0) is 0 Å². The van der Waals surface area contributed by atoms with Gasteiger partial charge in [0.15, 0.2) is 0 Å². The van der Waals surface area contributed by atoms with E-state index in [0.717, 1.165) is 4.90 Å². The molecule has 0 unspecified atom stereocenters. The molecule has 1 amide bonds. The highest BCUT2D eigenvalue weighted by atomic mass is 127. The van der Waals surface area contributed by atoms with Crippen molar-refractivity contribution in [3.05, 3.63) is 0 Å². The van der Waals surface area contributed by atoms with Gasteiger partial charge in [-0.15, -0.1) is 0 Å². The van der Waals surface area contributed by atoms with Crippen molar-refractivity contribution in [2.75, 3.05) is 17.5 Å². The molecule has 0 aromatic heterocycles. The van der Waals surface area contributed by atoms with Gasteiger partial charge in [0.1, 0.15) is 0 Å². The Morgan fingerprint density at radius 2 is 2.33 bits per heavy atom. The lowest BCUT2D eigenvalue weighted by Gasteiger charge is -2.13. The maximum atomic E-state index is 12.9. The Hall–Kier alpha value is -0.140. The first-order valence-electron chi connectivity index (χ1n) is 3.39. The Morgan fingerprint density at radius 3 is 2.58 bits per heavy atom. The van der Waals surface area contributed by atoms with Gasteiger partial charge in [-0.3, -0.25) is 0 Å². The van der Waals surface area contributed by atoms with Gasteiger partial charge in [0.05, 0.1) is 12.5 Å². The first-order valence-corrected chi connectivity index (χ1v) is 4.91. The first kappa shape index (κ1) is 9.94. The highest BCUT2D eigenvalue weighted by molar-refractivity contribution is 14.1. The first-order chi connectivity index (χ1) is 5.47. The second kappa shape index (κ2) is 3.31. The Morgan fingerprint density at radius 1 is 1.75 bits per heavy atom. The highest BCUT2D eigenvalue weighted by Crippen LogP contribution is 2.34. The van der Waals surface area contributed by atoms with E-state index in [-0.39, 0.29) is 11.0 Å². The van der Waals surface area contributed by atoms with Crippen LogP contribution < -0.4 is 0 Å². The number of hydrogen-bond acceptors (Lipinski definition) is 1. The zero-order chi connectivity index (χ0) is 9.35. The second-order valence-corrected chi connectivity index (χ2v) is 3.66. The third kappa shape index (κ3) is 1.78. The molecule has 0 saturated carbocycles. The largest absolute Gasteiger partial charge is 0.465 e. The van der Waals surface area contributed by atoms with Crippen LogP contribution in [0.3, 0.4) is 0 Å². The van der Waals surface area contributed by atoms with E-state index >= 15 is 0 Å². The summed E-state index contributed by atoms with van der Waals surface area (Å²) in [6, 6.07) is 0. The average molecular weight is 291 g/mol. The van der Waals surface area contributed by atoms with Gasteiger partial charge in [-0.25, -0.2) is 13.6 Å². The Kier molecular flexibility index (Phi) is 2.74. The molecule has 1 N–H and O–H groups in total. The minimum Gasteiger partial charge on any atom is -0.465 e. The lowest BCUT2D eigenvalue weighted by Crippen LogP contribution is -2.30. The van der Waals surface area contributed by atoms with E-state index in [0.29, 0.717) is 0 Å². The quantitative estimate of drug-likeness (QED) is 0.589. The summed E-state index contributed by atoms with van der Waals surface area (Å²) < 4.78 is 26.1. The van der Waals surface area contributed by atoms with Crippen LogP contribution in [0.15, 0.2) is 0 Å². The lowest BCUT2D eigenvalue weighted by molar-refractivity contribution is -0.0178. The average Bonchev–Trinajstić information content (AvgIpc) is 2.25. The molecule has 0 radical (unpaired) electrons. The summed E-state index contributed by atoms with van der Waals surface area (Å²) in [6.07, 6.45) is -1.26. The van der Waals surface area contributed by atoms with Crippen molar-refractivity contribution in [3.63, 3.8) is 0 Å². The molecule has 0 aromatic carbocycles. The van der Waals surface area contributed by atoms with Crippen molar-refractivity contribution in [1.29, 1.82) is 0 Å². The highest BCUT2D eigenvalue weighted by Gasteiger charge is 2.48. The third-order valence-corrected chi connectivity index (χ3v) is 2.96. The number of amides is 1. The molecule has 6 heteroatoms. The van der Waals surface area contributed by atoms with Gasteiger partial charge >= 0.3 is 6.09 Å². The molecule has 0 aromatic rings. The molecule has 70 valence electrons. The van der Waals surface area contributed by atoms with Gasteiger partial charge < -0.3 is 10.0 Å². The second-order valence-electron chi connectivity index (χ2n) is 2.78. The maximum absolute atomic E-state index is 12.9. The van der Waals surface area contributed by atoms with E-state index in [2.05, 4.69) is 0 Å². The smallest absolute Gasteiger partial charge is 0.407 e. The molecule has 3 nitrogen and oxygen atoms in total. The van der Waals surface area contributed by atoms with Crippen molar-refractivity contribution >= 4 is 28.7 Å². The van der Waals surface area contributed by atoms with Crippen LogP contribution in [0, 0.1) is 5.92 Å². The van der Waals surface area contributed by atoms with Crippen molar-refractivity contribution < 1.29 is 18.7 Å². The van der Waals surface area contributed by atoms with Crippen LogP contribution in [0.25, 0.3) is 0 Å². The van der Waals surface area contributed by atoms with Gasteiger partial charge in [0, 0.05) is 11.0 Å². The van der Waals surface area contributed by atoms with Crippen molar-refractivity contribution in [2.45, 2.75) is 5.92 Å². The van der Waals surface area contributed by atoms with E-state index in [4.69, 9.17) is 5.11 Å². The number of halogens is 3. The zero-order valence-corrected chi connectivity index (χ0v) is 8.29. The molecule has 1 aliphatic rings. The van der Waals surface area contributed by atoms with Crippen LogP contribution in [-0.4, -0.2) is 39.5 Å². The summed E-state index contributed by atoms with van der Waals surface area (Å²) in [5.74, 6) is -3.67. The molecular formula is C6H8F2INO2. The fourth-order valence-corrected chi connectivity index (χ4v) is 2.08. The van der Waals surface area contributed by atoms with Gasteiger partial charge in [0.25, 0.3) is 5.92 Å². The van der Waals surface area contributed by atoms with Crippen LogP contribution in [0.1, 0.15) is 0 Å². The lowest BCUT2D eigenvalue weighted by atomic mass is 10.1. The molecule has 1 atom stereocenters. The standard InChI is InChI=1S/C6H8F2INO2/c7-6(8)3-10(5(11)12)2-4(6)1-9/h4H,1-3H2,(H,11,12)/t4-/m0/s1. The van der Waals surface area contributed by atoms with E-state index in [9.17, 15) is 13.6 Å². The molecule has 12 heavy (non-hydrogen) atoms. The SMILES string of the molecule is O=C(O)N1C[C@H](CI)C(F)(F)C1. The predicted octanol–water partition coefficient (Wildman–Crippen LogP) is 1.67. The number of nitrogens with zero attached hydrogens (tertiary/aromatic N) is 1. The fourth-order valence-electron chi connectivity index (χ4n) is 1.16. The van der Waals surface area contributed by atoms with Gasteiger partial charge in [-0.1, -0.05) is 22.6 Å². The molecule has 1 fully saturated rings. The van der Waals surface area contributed by atoms with E-state index in [1.807, 2.05) is 22.6 Å². The number of carbonyl (C=O) groups is 1. The van der Waals surface area contributed by atoms with Crippen LogP contribution in [0.5, 0.6) is 0 Å². The van der Waals surface area contributed by atoms with E-state index in [1.54, 1.807) is 0 Å². The number of likely N-dealkylation sites (tertiary alicyclic amines) is 1. The van der Waals surface area contributed by atoms with Gasteiger partial charge in [-0.2, -0.15) is 0 Å². The Balaban J connectivity index is 2.66. The summed E-state index contributed by atoms with van der Waals surface area (Å²) in [4.78, 5) is 11.1. The van der Waals surface area contributed by atoms with Crippen molar-refractivity contribution in [3.8, 4) is 0 Å². The number of alkyl halides is 3. The minimum absolute atomic E-state index is 0.0503. The number of rotatable bonds is 1. The summed E-state index contributed by atoms with van der Waals surface area (Å²) in [5, 5.41) is 8.45. The summed E-state index contributed by atoms with van der Waals surface area (Å²) in [7, 11) is 0. The monoisotopic (exact) mass is 291 g/mol. The molecule has 0 aliphatic carbocycles. The third-order valence-electron chi connectivity index (χ3n) is 1.90. The maximum Gasteiger partial charge on any atom is 0.407 e. The molecule has 0 bridgehead atoms. The summed E-state index contributed by atoms with van der Waals surface area (Å²) in [6.45, 7) is -0.707. The van der Waals surface area contributed by atoms with Gasteiger partial charge in [0.2, 0.25) is 0 Å². The molecule has 1 rings (SSSR count). The zero-order valence-electron chi connectivity index (χ0n) is 6.14. The predicted molar refractivity (Wildman–Crippen MR) is 46.9 cm³/mol. The summed E-state index contributed by atoms with van der Waals surface area (Å²) >= 11 is 1.85. The molecule has 1 saturated heterocycles. The van der Waals surface area contributed by atoms with Crippen LogP contribution >= 0.6 is 22.6 Å². The molecule has 1 aliphatic heterocycles. The van der Waals surface area contributed by atoms with Crippen LogP contribution in [0.2, 0.25) is 0 Å². The van der Waals surface area contributed by atoms with E-state index in [1.165, 1.54) is 0 Å². The fraction of sp³-hybridized carbons (Fsp3) is 0.833. The van der Waals surface area contributed by atoms with Gasteiger partial charge in [-0.05, 0) is 0 Å². The van der Waals surface area contributed by atoms with E-state index < -0.39 is 24.5 Å². The summed E-state index contributed by atoms with van der Waals surface area (Å²) in [5.41, 5.74) is 0. The van der Waals surface area contributed by atoms with Crippen LogP contribution in [0.4, 0.5) is 13.6 Å².